The summed E-state index contributed by atoms with van der Waals surface area (Å²) in [6.45, 7) is 0. The van der Waals surface area contributed by atoms with Crippen molar-refractivity contribution in [3.63, 3.8) is 0 Å². The Hall–Kier alpha value is -3.91. The molecule has 0 fully saturated rings. The third kappa shape index (κ3) is 11.8. The van der Waals surface area contributed by atoms with Crippen LogP contribution >= 0.6 is 0 Å². The fourth-order valence-electron chi connectivity index (χ4n) is 3.89. The Bertz CT molecular complexity index is 2110. The summed E-state index contributed by atoms with van der Waals surface area (Å²) in [5, 5.41) is 22.8. The van der Waals surface area contributed by atoms with E-state index >= 15 is 0 Å². The number of carboxylic acids is 3. The van der Waals surface area contributed by atoms with Gasteiger partial charge in [-0.2, -0.15) is 224 Å². The van der Waals surface area contributed by atoms with E-state index in [4.69, 9.17) is 15.3 Å². The van der Waals surface area contributed by atoms with Crippen LogP contribution in [0.3, 0.4) is 0 Å². The average Bonchev–Trinajstić information content (AvgIpc) is 3.24. The van der Waals surface area contributed by atoms with Crippen molar-refractivity contribution < 1.29 is 291 Å². The normalized spacial score (nSPS) is 16.1. The molecule has 0 aliphatic heterocycles. The van der Waals surface area contributed by atoms with E-state index in [1.165, 1.54) is 0 Å². The van der Waals surface area contributed by atoms with Crippen LogP contribution in [0.4, 0.5) is 224 Å². The molecule has 0 rings (SSSR count). The second kappa shape index (κ2) is 22.5. The van der Waals surface area contributed by atoms with E-state index in [1.54, 1.807) is 0 Å². The zero-order valence-corrected chi connectivity index (χ0v) is 37.5. The third-order valence-electron chi connectivity index (χ3n) is 8.97. The van der Waals surface area contributed by atoms with Crippen molar-refractivity contribution in [3.05, 3.63) is 0 Å². The van der Waals surface area contributed by atoms with E-state index in [0.29, 0.717) is 0 Å². The molecular formula is C27H3ErF51O6. The summed E-state index contributed by atoms with van der Waals surface area (Å²) in [5.74, 6) is -189. The summed E-state index contributed by atoms with van der Waals surface area (Å²) in [6.07, 6.45) is -23.5. The predicted molar refractivity (Wildman–Crippen MR) is 145 cm³/mol. The molecule has 516 valence electrons. The number of halogens is 51. The Labute approximate surface area is 451 Å². The molecule has 0 aliphatic rings. The van der Waals surface area contributed by atoms with Crippen molar-refractivity contribution >= 4 is 17.9 Å². The minimum absolute atomic E-state index is 0. The van der Waals surface area contributed by atoms with Gasteiger partial charge in [0.15, 0.2) is 0 Å². The molecule has 0 heterocycles. The van der Waals surface area contributed by atoms with Crippen LogP contribution in [0.2, 0.25) is 0 Å². The van der Waals surface area contributed by atoms with Crippen LogP contribution in [-0.4, -0.2) is 176 Å². The molecule has 0 amide bonds. The maximum atomic E-state index is 13.0. The molecule has 0 atom stereocenters. The monoisotopic (exact) mass is 1560 g/mol. The second-order valence-electron chi connectivity index (χ2n) is 14.5. The van der Waals surface area contributed by atoms with Gasteiger partial charge in [0.1, 0.15) is 0 Å². The molecule has 0 aliphatic carbocycles. The minimum Gasteiger partial charge on any atom is -0.477 e. The van der Waals surface area contributed by atoms with Crippen molar-refractivity contribution in [2.45, 2.75) is 143 Å². The molecule has 0 unspecified atom stereocenters. The molecule has 0 saturated heterocycles. The SMILES string of the molecule is O=C(O)C(F)(F)C(F)(F)C(F)(F)C(F)(F)C(F)(F)C(F)(F)C(F)(F)C(F)(F)F.O=C(O)C(F)(F)C(F)(F)C(F)(F)C(F)(F)C(F)(F)C(F)(F)C(F)(F)C(F)(F)F.O=C(O)C(F)(F)C(F)(F)C(F)(F)C(F)(F)C(F)(F)C(F)(F)C(F)(F)C(F)(F)F.[Er]. The zero-order valence-electron chi connectivity index (χ0n) is 35.6. The van der Waals surface area contributed by atoms with Gasteiger partial charge in [0.2, 0.25) is 0 Å². The Kier molecular flexibility index (Phi) is 23.2. The molecule has 6 nitrogen and oxygen atoms in total. The van der Waals surface area contributed by atoms with E-state index in [0.717, 1.165) is 0 Å². The fraction of sp³-hybridized carbons (Fsp3) is 0.889. The van der Waals surface area contributed by atoms with Gasteiger partial charge in [-0.1, -0.05) is 0 Å². The van der Waals surface area contributed by atoms with Crippen LogP contribution in [-0.2, 0) is 14.4 Å². The molecule has 0 radical (unpaired) electrons. The minimum atomic E-state index is -8.76. The van der Waals surface area contributed by atoms with Crippen LogP contribution in [0.15, 0.2) is 0 Å². The van der Waals surface area contributed by atoms with Gasteiger partial charge in [0.25, 0.3) is 0 Å². The number of rotatable bonds is 21. The van der Waals surface area contributed by atoms with E-state index in [9.17, 15) is 238 Å². The largest absolute Gasteiger partial charge is 0.477 e. The Morgan fingerprint density at radius 1 is 0.153 bits per heavy atom. The van der Waals surface area contributed by atoms with E-state index < -0.39 is 161 Å². The molecule has 0 spiro atoms. The van der Waals surface area contributed by atoms with Gasteiger partial charge >= 0.3 is 161 Å². The van der Waals surface area contributed by atoms with Crippen molar-refractivity contribution in [1.82, 2.24) is 0 Å². The molecule has 85 heavy (non-hydrogen) atoms. The average molecular weight is 1560 g/mol. The van der Waals surface area contributed by atoms with Crippen molar-refractivity contribution in [1.29, 1.82) is 0 Å². The number of carboxylic acid groups (broad SMARTS) is 3. The number of aliphatic carboxylic acids is 3. The van der Waals surface area contributed by atoms with Crippen LogP contribution in [0, 0.1) is 37.3 Å². The Morgan fingerprint density at radius 3 is 0.294 bits per heavy atom. The number of hydrogen-bond acceptors (Lipinski definition) is 3. The zero-order chi connectivity index (χ0) is 70.7. The molecule has 0 aromatic carbocycles. The van der Waals surface area contributed by atoms with Gasteiger partial charge < -0.3 is 15.3 Å². The number of carbonyl (C=O) groups is 3. The summed E-state index contributed by atoms with van der Waals surface area (Å²) in [4.78, 5) is 29.3. The van der Waals surface area contributed by atoms with Crippen LogP contribution in [0.25, 0.3) is 0 Å². The number of hydrogen-bond donors (Lipinski definition) is 3. The number of alkyl halides is 51. The Balaban J connectivity index is -0.000000576. The molecule has 0 aromatic heterocycles. The predicted octanol–water partition coefficient (Wildman–Crippen LogP) is 15.2. The van der Waals surface area contributed by atoms with Gasteiger partial charge in [0.05, 0.1) is 0 Å². The smallest absolute Gasteiger partial charge is 0.460 e. The third-order valence-corrected chi connectivity index (χ3v) is 8.97. The molecular weight excluding hydrogens is 1560 g/mol. The quantitative estimate of drug-likeness (QED) is 0.0987. The molecule has 0 saturated carbocycles. The van der Waals surface area contributed by atoms with E-state index in [2.05, 4.69) is 0 Å². The fourth-order valence-corrected chi connectivity index (χ4v) is 3.89. The first-order valence-electron chi connectivity index (χ1n) is 16.9. The summed E-state index contributed by atoms with van der Waals surface area (Å²) in [5.41, 5.74) is 0. The summed E-state index contributed by atoms with van der Waals surface area (Å²) in [6, 6.07) is 0. The maximum Gasteiger partial charge on any atom is 0.460 e. The maximum absolute atomic E-state index is 13.0. The first kappa shape index (κ1) is 87.5. The first-order chi connectivity index (χ1) is 35.1. The van der Waals surface area contributed by atoms with Crippen LogP contribution in [0.1, 0.15) is 0 Å². The first-order valence-corrected chi connectivity index (χ1v) is 16.9. The van der Waals surface area contributed by atoms with Crippen LogP contribution in [0.5, 0.6) is 0 Å². The van der Waals surface area contributed by atoms with Gasteiger partial charge in [-0.05, 0) is 0 Å². The van der Waals surface area contributed by atoms with Gasteiger partial charge in [-0.3, -0.25) is 0 Å². The van der Waals surface area contributed by atoms with Crippen molar-refractivity contribution in [2.75, 3.05) is 0 Å². The van der Waals surface area contributed by atoms with Gasteiger partial charge in [-0.15, -0.1) is 0 Å². The Morgan fingerprint density at radius 2 is 0.224 bits per heavy atom. The topological polar surface area (TPSA) is 112 Å². The molecule has 58 heteroatoms. The molecule has 0 aromatic rings. The van der Waals surface area contributed by atoms with Crippen molar-refractivity contribution in [2.24, 2.45) is 0 Å². The summed E-state index contributed by atoms with van der Waals surface area (Å²) >= 11 is 0. The second-order valence-corrected chi connectivity index (χ2v) is 14.5. The van der Waals surface area contributed by atoms with E-state index in [1.807, 2.05) is 0 Å². The summed E-state index contributed by atoms with van der Waals surface area (Å²) in [7, 11) is 0. The molecule has 3 N–H and O–H groups in total. The molecule has 0 bridgehead atoms. The van der Waals surface area contributed by atoms with Gasteiger partial charge in [-0.25, -0.2) is 14.4 Å². The van der Waals surface area contributed by atoms with Crippen LogP contribution < -0.4 is 0 Å². The summed E-state index contributed by atoms with van der Waals surface area (Å²) < 4.78 is 642. The van der Waals surface area contributed by atoms with E-state index in [-0.39, 0.29) is 37.3 Å². The van der Waals surface area contributed by atoms with Gasteiger partial charge in [0, 0.05) is 37.3 Å². The standard InChI is InChI=1S/3C9HF17O2.Er/c3*10-2(11,1(27)28)3(12,13)4(14,15)5(16,17)6(18,19)7(20,21)8(22,23)9(24,25)26;/h3*(H,27,28);. The van der Waals surface area contributed by atoms with Crippen molar-refractivity contribution in [3.8, 4) is 0 Å².